The zero-order chi connectivity index (χ0) is 9.84. The van der Waals surface area contributed by atoms with Crippen LogP contribution in [0.3, 0.4) is 0 Å². The van der Waals surface area contributed by atoms with Crippen LogP contribution in [0.1, 0.15) is 5.56 Å². The number of hydrogen-bond acceptors (Lipinski definition) is 3. The predicted molar refractivity (Wildman–Crippen MR) is 56.6 cm³/mol. The molecule has 13 heavy (non-hydrogen) atoms. The monoisotopic (exact) mass is 240 g/mol. The van der Waals surface area contributed by atoms with Gasteiger partial charge in [-0.25, -0.2) is 4.98 Å². The molecule has 3 nitrogen and oxygen atoms in total. The zero-order valence-electron chi connectivity index (χ0n) is 7.17. The summed E-state index contributed by atoms with van der Waals surface area (Å²) in [4.78, 5) is 14.6. The van der Waals surface area contributed by atoms with Crippen molar-refractivity contribution in [2.45, 2.75) is 0 Å². The number of halogens is 1. The minimum atomic E-state index is 0.421. The second-order valence-corrected chi connectivity index (χ2v) is 3.24. The van der Waals surface area contributed by atoms with Crippen molar-refractivity contribution in [3.8, 4) is 0 Å². The van der Waals surface area contributed by atoms with Gasteiger partial charge in [-0.1, -0.05) is 6.58 Å². The average molecular weight is 241 g/mol. The Morgan fingerprint density at radius 2 is 2.38 bits per heavy atom. The highest BCUT2D eigenvalue weighted by Crippen LogP contribution is 2.21. The molecular weight excluding hydrogens is 232 g/mol. The lowest BCUT2D eigenvalue weighted by Gasteiger charge is -2.06. The first-order valence-electron chi connectivity index (χ1n) is 3.67. The molecule has 0 aliphatic carbocycles. The van der Waals surface area contributed by atoms with Crippen LogP contribution in [0.4, 0.5) is 5.82 Å². The summed E-state index contributed by atoms with van der Waals surface area (Å²) in [6, 6.07) is 3.56. The Labute approximate surface area is 85.0 Å². The van der Waals surface area contributed by atoms with Crippen molar-refractivity contribution in [2.75, 3.05) is 12.4 Å². The van der Waals surface area contributed by atoms with E-state index in [0.717, 1.165) is 10.2 Å². The summed E-state index contributed by atoms with van der Waals surface area (Å²) in [5.74, 6) is 0.645. The first-order valence-corrected chi connectivity index (χ1v) is 4.47. The Hall–Kier alpha value is -1.16. The molecule has 0 aliphatic rings. The summed E-state index contributed by atoms with van der Waals surface area (Å²) in [6.07, 6.45) is 0.714. The van der Waals surface area contributed by atoms with E-state index >= 15 is 0 Å². The molecule has 68 valence electrons. The molecule has 0 amide bonds. The van der Waals surface area contributed by atoms with Gasteiger partial charge in [0, 0.05) is 18.2 Å². The zero-order valence-corrected chi connectivity index (χ0v) is 8.76. The highest BCUT2D eigenvalue weighted by Gasteiger charge is 2.05. The first-order chi connectivity index (χ1) is 6.19. The van der Waals surface area contributed by atoms with Crippen molar-refractivity contribution in [1.29, 1.82) is 0 Å². The number of nitrogens with zero attached hydrogens (tertiary/aromatic N) is 1. The average Bonchev–Trinajstić information content (AvgIpc) is 2.16. The molecule has 0 bridgehead atoms. The van der Waals surface area contributed by atoms with Gasteiger partial charge >= 0.3 is 0 Å². The quantitative estimate of drug-likeness (QED) is 0.500. The van der Waals surface area contributed by atoms with Crippen LogP contribution in [0.2, 0.25) is 0 Å². The van der Waals surface area contributed by atoms with Crippen LogP contribution in [0.15, 0.2) is 23.3 Å². The molecule has 1 rings (SSSR count). The van der Waals surface area contributed by atoms with Crippen molar-refractivity contribution < 1.29 is 4.79 Å². The third-order valence-electron chi connectivity index (χ3n) is 1.59. The Bertz CT molecular complexity index is 349. The highest BCUT2D eigenvalue weighted by molar-refractivity contribution is 9.10. The normalized spacial score (nSPS) is 9.38. The van der Waals surface area contributed by atoms with E-state index in [1.807, 2.05) is 0 Å². The third-order valence-corrected chi connectivity index (χ3v) is 2.03. The molecule has 4 heteroatoms. The molecule has 0 unspecified atom stereocenters. The van der Waals surface area contributed by atoms with Crippen molar-refractivity contribution >= 4 is 33.6 Å². The molecule has 1 heterocycles. The number of aromatic nitrogens is 1. The van der Waals surface area contributed by atoms with Gasteiger partial charge in [-0.15, -0.1) is 0 Å². The maximum absolute atomic E-state index is 10.5. The highest BCUT2D eigenvalue weighted by atomic mass is 79.9. The van der Waals surface area contributed by atoms with Gasteiger partial charge in [0.05, 0.1) is 0 Å². The Morgan fingerprint density at radius 3 is 2.92 bits per heavy atom. The van der Waals surface area contributed by atoms with Crippen LogP contribution >= 0.6 is 15.9 Å². The van der Waals surface area contributed by atoms with Crippen molar-refractivity contribution in [2.24, 2.45) is 0 Å². The van der Waals surface area contributed by atoms with Crippen LogP contribution in [-0.4, -0.2) is 18.3 Å². The largest absolute Gasteiger partial charge is 0.373 e. The number of aldehydes is 1. The Balaban J connectivity index is 3.20. The minimum Gasteiger partial charge on any atom is -0.373 e. The standard InChI is InChI=1S/C9H9BrN2O/c1-6(5-13)7-3-4-8(10)12-9(7)11-2/h3-5H,1H2,2H3,(H,11,12). The number of rotatable bonds is 3. The van der Waals surface area contributed by atoms with Crippen molar-refractivity contribution in [3.05, 3.63) is 28.9 Å². The summed E-state index contributed by atoms with van der Waals surface area (Å²) in [5, 5.41) is 2.89. The summed E-state index contributed by atoms with van der Waals surface area (Å²) < 4.78 is 0.722. The summed E-state index contributed by atoms with van der Waals surface area (Å²) in [6.45, 7) is 3.62. The molecule has 1 N–H and O–H groups in total. The molecule has 0 radical (unpaired) electrons. The third kappa shape index (κ3) is 2.15. The summed E-state index contributed by atoms with van der Waals surface area (Å²) in [5.41, 5.74) is 1.14. The number of nitrogens with one attached hydrogen (secondary N) is 1. The van der Waals surface area contributed by atoms with Gasteiger partial charge in [0.15, 0.2) is 0 Å². The van der Waals surface area contributed by atoms with E-state index in [9.17, 15) is 4.79 Å². The van der Waals surface area contributed by atoms with E-state index in [0.29, 0.717) is 17.7 Å². The SMILES string of the molecule is C=C(C=O)c1ccc(Br)nc1NC. The lowest BCUT2D eigenvalue weighted by atomic mass is 10.1. The molecular formula is C9H9BrN2O. The fourth-order valence-electron chi connectivity index (χ4n) is 0.949. The van der Waals surface area contributed by atoms with E-state index < -0.39 is 0 Å². The van der Waals surface area contributed by atoms with Gasteiger partial charge in [0.1, 0.15) is 16.7 Å². The predicted octanol–water partition coefficient (Wildman–Crippen LogP) is 2.10. The fraction of sp³-hybridized carbons (Fsp3) is 0.111. The van der Waals surface area contributed by atoms with Gasteiger partial charge in [-0.2, -0.15) is 0 Å². The summed E-state index contributed by atoms with van der Waals surface area (Å²) >= 11 is 3.24. The van der Waals surface area contributed by atoms with Crippen LogP contribution in [0.5, 0.6) is 0 Å². The number of allylic oxidation sites excluding steroid dienone is 1. The Kier molecular flexibility index (Phi) is 3.19. The molecule has 0 saturated carbocycles. The van der Waals surface area contributed by atoms with Gasteiger partial charge in [0.2, 0.25) is 0 Å². The molecule has 0 fully saturated rings. The number of anilines is 1. The lowest BCUT2D eigenvalue weighted by molar-refractivity contribution is -0.103. The lowest BCUT2D eigenvalue weighted by Crippen LogP contribution is -1.98. The second kappa shape index (κ2) is 4.18. The number of pyridine rings is 1. The maximum Gasteiger partial charge on any atom is 0.150 e. The summed E-state index contributed by atoms with van der Waals surface area (Å²) in [7, 11) is 1.75. The molecule has 0 saturated heterocycles. The molecule has 0 spiro atoms. The van der Waals surface area contributed by atoms with E-state index in [2.05, 4.69) is 32.8 Å². The van der Waals surface area contributed by atoms with E-state index in [-0.39, 0.29) is 0 Å². The maximum atomic E-state index is 10.5. The van der Waals surface area contributed by atoms with Crippen LogP contribution in [-0.2, 0) is 4.79 Å². The van der Waals surface area contributed by atoms with Crippen LogP contribution < -0.4 is 5.32 Å². The van der Waals surface area contributed by atoms with E-state index in [1.165, 1.54) is 0 Å². The van der Waals surface area contributed by atoms with Gasteiger partial charge in [-0.05, 0) is 28.1 Å². The first kappa shape index (κ1) is 9.92. The molecule has 0 atom stereocenters. The van der Waals surface area contributed by atoms with Crippen LogP contribution in [0.25, 0.3) is 5.57 Å². The van der Waals surface area contributed by atoms with Gasteiger partial charge < -0.3 is 5.32 Å². The molecule has 0 aromatic carbocycles. The Morgan fingerprint density at radius 1 is 1.69 bits per heavy atom. The van der Waals surface area contributed by atoms with Crippen molar-refractivity contribution in [3.63, 3.8) is 0 Å². The molecule has 1 aromatic rings. The van der Waals surface area contributed by atoms with Gasteiger partial charge in [-0.3, -0.25) is 4.79 Å². The fourth-order valence-corrected chi connectivity index (χ4v) is 1.26. The van der Waals surface area contributed by atoms with E-state index in [4.69, 9.17) is 0 Å². The van der Waals surface area contributed by atoms with E-state index in [1.54, 1.807) is 19.2 Å². The topological polar surface area (TPSA) is 42.0 Å². The molecule has 0 aliphatic heterocycles. The number of carbonyl (C=O) groups is 1. The number of hydrogen-bond donors (Lipinski definition) is 1. The van der Waals surface area contributed by atoms with Gasteiger partial charge in [0.25, 0.3) is 0 Å². The smallest absolute Gasteiger partial charge is 0.150 e. The second-order valence-electron chi connectivity index (χ2n) is 2.42. The van der Waals surface area contributed by atoms with Crippen LogP contribution in [0, 0.1) is 0 Å². The number of carbonyl (C=O) groups excluding carboxylic acids is 1. The minimum absolute atomic E-state index is 0.421. The molecule has 1 aromatic heterocycles. The van der Waals surface area contributed by atoms with Crippen molar-refractivity contribution in [1.82, 2.24) is 4.98 Å².